The Kier molecular flexibility index (Phi) is 7.74. The third kappa shape index (κ3) is 6.05. The summed E-state index contributed by atoms with van der Waals surface area (Å²) in [4.78, 5) is 11.7. The van der Waals surface area contributed by atoms with Crippen LogP contribution in [0.2, 0.25) is 0 Å². The lowest BCUT2D eigenvalue weighted by Crippen LogP contribution is -2.42. The van der Waals surface area contributed by atoms with Crippen LogP contribution in [0.5, 0.6) is 0 Å². The van der Waals surface area contributed by atoms with Crippen molar-refractivity contribution in [2.24, 2.45) is 5.92 Å². The molecule has 1 aromatic heterocycles. The Morgan fingerprint density at radius 2 is 2.10 bits per heavy atom. The quantitative estimate of drug-likeness (QED) is 0.706. The third-order valence-corrected chi connectivity index (χ3v) is 3.94. The van der Waals surface area contributed by atoms with Crippen LogP contribution in [-0.4, -0.2) is 24.9 Å². The minimum absolute atomic E-state index is 0.126. The van der Waals surface area contributed by atoms with Gasteiger partial charge in [0.2, 0.25) is 0 Å². The number of hydrogen-bond donors (Lipinski definition) is 1. The Hall–Kier alpha value is -1.08. The first-order chi connectivity index (χ1) is 9.97. The maximum atomic E-state index is 12.1. The normalized spacial score (nSPS) is 14.2. The van der Waals surface area contributed by atoms with Crippen LogP contribution in [0.3, 0.4) is 0 Å². The Bertz CT molecular complexity index is 440. The smallest absolute Gasteiger partial charge is 0.323 e. The lowest BCUT2D eigenvalue weighted by molar-refractivity contribution is -0.144. The Morgan fingerprint density at radius 1 is 1.43 bits per heavy atom. The minimum atomic E-state index is -2.41. The molecule has 0 aliphatic carbocycles. The second-order valence-corrected chi connectivity index (χ2v) is 5.69. The van der Waals surface area contributed by atoms with Crippen LogP contribution >= 0.6 is 11.8 Å². The van der Waals surface area contributed by atoms with E-state index in [2.05, 4.69) is 5.32 Å². The molecule has 0 aromatic carbocycles. The van der Waals surface area contributed by atoms with E-state index < -0.39 is 11.8 Å². The van der Waals surface area contributed by atoms with Crippen molar-refractivity contribution < 1.29 is 22.7 Å². The number of ether oxygens (including phenoxy) is 1. The molecule has 1 N–H and O–H groups in total. The van der Waals surface area contributed by atoms with Gasteiger partial charge in [0.15, 0.2) is 0 Å². The molecule has 1 rings (SSSR count). The molecule has 0 aliphatic heterocycles. The topological polar surface area (TPSA) is 51.5 Å². The van der Waals surface area contributed by atoms with Crippen LogP contribution in [0.4, 0.5) is 8.78 Å². The van der Waals surface area contributed by atoms with Crippen molar-refractivity contribution in [1.82, 2.24) is 5.32 Å². The zero-order valence-electron chi connectivity index (χ0n) is 12.4. The minimum Gasteiger partial charge on any atom is -0.468 e. The molecule has 4 nitrogen and oxygen atoms in total. The highest BCUT2D eigenvalue weighted by molar-refractivity contribution is 7.98. The molecule has 0 saturated carbocycles. The molecule has 0 radical (unpaired) electrons. The van der Waals surface area contributed by atoms with E-state index in [4.69, 9.17) is 9.15 Å². The zero-order valence-corrected chi connectivity index (χ0v) is 13.2. The van der Waals surface area contributed by atoms with E-state index in [1.54, 1.807) is 12.1 Å². The van der Waals surface area contributed by atoms with Crippen LogP contribution in [0.15, 0.2) is 16.5 Å². The van der Waals surface area contributed by atoms with Gasteiger partial charge in [0.1, 0.15) is 17.6 Å². The highest BCUT2D eigenvalue weighted by atomic mass is 32.2. The number of nitrogens with one attached hydrogen (secondary N) is 1. The molecule has 0 saturated heterocycles. The Labute approximate surface area is 127 Å². The first-order valence-electron chi connectivity index (χ1n) is 6.76. The fraction of sp³-hybridized carbons (Fsp3) is 0.643. The summed E-state index contributed by atoms with van der Waals surface area (Å²) in [5, 5.41) is 3.09. The van der Waals surface area contributed by atoms with Gasteiger partial charge in [-0.1, -0.05) is 32.0 Å². The number of thioether (sulfide) groups is 1. The summed E-state index contributed by atoms with van der Waals surface area (Å²) in [7, 11) is 1.35. The number of methoxy groups -OCH3 is 1. The predicted octanol–water partition coefficient (Wildman–Crippen LogP) is 3.41. The largest absolute Gasteiger partial charge is 0.468 e. The lowest BCUT2D eigenvalue weighted by atomic mass is 9.99. The predicted molar refractivity (Wildman–Crippen MR) is 78.1 cm³/mol. The average Bonchev–Trinajstić information content (AvgIpc) is 2.92. The van der Waals surface area contributed by atoms with E-state index in [0.29, 0.717) is 29.8 Å². The van der Waals surface area contributed by atoms with Crippen molar-refractivity contribution in [3.63, 3.8) is 0 Å². The molecular weight excluding hydrogens is 300 g/mol. The van der Waals surface area contributed by atoms with E-state index in [0.717, 1.165) is 6.42 Å². The Balaban J connectivity index is 2.54. The molecule has 2 unspecified atom stereocenters. The number of hydrogen-bond acceptors (Lipinski definition) is 5. The standard InChI is InChI=1S/C14H21F2NO3S/c1-4-9(2)12(13(18)19-3)17-7-10-5-6-11(20-10)8-21-14(15)16/h5-6,9,12,14,17H,4,7-8H2,1-3H3. The van der Waals surface area contributed by atoms with Gasteiger partial charge in [-0.2, -0.15) is 8.78 Å². The van der Waals surface area contributed by atoms with E-state index in [-0.39, 0.29) is 17.6 Å². The highest BCUT2D eigenvalue weighted by Gasteiger charge is 2.24. The number of halogens is 2. The van der Waals surface area contributed by atoms with E-state index in [1.165, 1.54) is 7.11 Å². The van der Waals surface area contributed by atoms with Crippen LogP contribution in [-0.2, 0) is 21.8 Å². The summed E-state index contributed by atoms with van der Waals surface area (Å²) in [5.74, 6) is -1.37. The van der Waals surface area contributed by atoms with Crippen molar-refractivity contribution in [3.05, 3.63) is 23.7 Å². The van der Waals surface area contributed by atoms with Crippen molar-refractivity contribution in [1.29, 1.82) is 0 Å². The van der Waals surface area contributed by atoms with E-state index >= 15 is 0 Å². The molecule has 120 valence electrons. The lowest BCUT2D eigenvalue weighted by Gasteiger charge is -2.21. The molecule has 0 aliphatic rings. The second-order valence-electron chi connectivity index (χ2n) is 4.71. The van der Waals surface area contributed by atoms with Gasteiger partial charge in [0.25, 0.3) is 5.76 Å². The van der Waals surface area contributed by atoms with Gasteiger partial charge in [-0.3, -0.25) is 10.1 Å². The summed E-state index contributed by atoms with van der Waals surface area (Å²) in [6, 6.07) is 2.98. The second kappa shape index (κ2) is 9.04. The summed E-state index contributed by atoms with van der Waals surface area (Å²) in [6.07, 6.45) is 0.835. The zero-order chi connectivity index (χ0) is 15.8. The maximum absolute atomic E-state index is 12.1. The van der Waals surface area contributed by atoms with Crippen molar-refractivity contribution in [3.8, 4) is 0 Å². The summed E-state index contributed by atoms with van der Waals surface area (Å²) < 4.78 is 34.4. The molecule has 1 heterocycles. The number of furan rings is 1. The van der Waals surface area contributed by atoms with Crippen molar-refractivity contribution in [2.45, 2.75) is 44.4 Å². The van der Waals surface area contributed by atoms with Gasteiger partial charge >= 0.3 is 5.97 Å². The summed E-state index contributed by atoms with van der Waals surface area (Å²) in [5.41, 5.74) is 0. The molecule has 21 heavy (non-hydrogen) atoms. The first-order valence-corrected chi connectivity index (χ1v) is 7.81. The third-order valence-electron chi connectivity index (χ3n) is 3.23. The molecule has 0 bridgehead atoms. The van der Waals surface area contributed by atoms with Gasteiger partial charge in [-0.15, -0.1) is 0 Å². The Morgan fingerprint density at radius 3 is 2.67 bits per heavy atom. The van der Waals surface area contributed by atoms with Gasteiger partial charge < -0.3 is 9.15 Å². The van der Waals surface area contributed by atoms with Crippen molar-refractivity contribution in [2.75, 3.05) is 7.11 Å². The van der Waals surface area contributed by atoms with Crippen LogP contribution in [0.25, 0.3) is 0 Å². The van der Waals surface area contributed by atoms with Gasteiger partial charge in [-0.05, 0) is 18.1 Å². The first kappa shape index (κ1) is 18.0. The fourth-order valence-electron chi connectivity index (χ4n) is 1.83. The molecule has 0 amide bonds. The maximum Gasteiger partial charge on any atom is 0.323 e. The summed E-state index contributed by atoms with van der Waals surface area (Å²) in [6.45, 7) is 4.31. The molecule has 1 aromatic rings. The summed E-state index contributed by atoms with van der Waals surface area (Å²) >= 11 is 0.518. The molecule has 7 heteroatoms. The number of alkyl halides is 2. The molecule has 2 atom stereocenters. The van der Waals surface area contributed by atoms with E-state index in [1.807, 2.05) is 13.8 Å². The van der Waals surface area contributed by atoms with Gasteiger partial charge in [-0.25, -0.2) is 0 Å². The van der Waals surface area contributed by atoms with Crippen LogP contribution in [0.1, 0.15) is 31.8 Å². The number of esters is 1. The SMILES string of the molecule is CCC(C)C(NCc1ccc(CSC(F)F)o1)C(=O)OC. The highest BCUT2D eigenvalue weighted by Crippen LogP contribution is 2.21. The molecular formula is C14H21F2NO3S. The monoisotopic (exact) mass is 321 g/mol. The average molecular weight is 321 g/mol. The van der Waals surface area contributed by atoms with Crippen LogP contribution in [0, 0.1) is 5.92 Å². The van der Waals surface area contributed by atoms with Crippen LogP contribution < -0.4 is 5.32 Å². The number of carbonyl (C=O) groups is 1. The van der Waals surface area contributed by atoms with Gasteiger partial charge in [0, 0.05) is 0 Å². The van der Waals surface area contributed by atoms with Gasteiger partial charge in [0.05, 0.1) is 19.4 Å². The number of rotatable bonds is 9. The molecule has 0 fully saturated rings. The molecule has 0 spiro atoms. The fourth-order valence-corrected chi connectivity index (χ4v) is 2.28. The van der Waals surface area contributed by atoms with Crippen molar-refractivity contribution >= 4 is 17.7 Å². The van der Waals surface area contributed by atoms with E-state index in [9.17, 15) is 13.6 Å². The number of carbonyl (C=O) groups excluding carboxylic acids is 1.